The minimum atomic E-state index is -0.252. The van der Waals surface area contributed by atoms with Gasteiger partial charge in [0, 0.05) is 11.6 Å². The number of aliphatic hydroxyl groups is 1. The Labute approximate surface area is 81.9 Å². The fourth-order valence-corrected chi connectivity index (χ4v) is 1.56. The molecule has 4 heteroatoms. The second kappa shape index (κ2) is 3.46. The summed E-state index contributed by atoms with van der Waals surface area (Å²) in [6.07, 6.45) is 2.54. The molecule has 1 aromatic heterocycles. The van der Waals surface area contributed by atoms with Crippen LogP contribution in [0.1, 0.15) is 29.0 Å². The summed E-state index contributed by atoms with van der Waals surface area (Å²) in [6, 6.07) is 1.85. The molecule has 1 aliphatic rings. The van der Waals surface area contributed by atoms with Crippen LogP contribution in [0.25, 0.3) is 0 Å². The Hall–Kier alpha value is -1.29. The topological polar surface area (TPSA) is 62.5 Å². The molecule has 4 nitrogen and oxygen atoms in total. The van der Waals surface area contributed by atoms with E-state index in [2.05, 4.69) is 5.32 Å². The van der Waals surface area contributed by atoms with Gasteiger partial charge >= 0.3 is 0 Å². The predicted molar refractivity (Wildman–Crippen MR) is 49.9 cm³/mol. The summed E-state index contributed by atoms with van der Waals surface area (Å²) in [7, 11) is 0. The van der Waals surface area contributed by atoms with Crippen LogP contribution in [0.3, 0.4) is 0 Å². The van der Waals surface area contributed by atoms with Crippen LogP contribution in [0.2, 0.25) is 0 Å². The van der Waals surface area contributed by atoms with Crippen LogP contribution in [0.4, 0.5) is 0 Å². The number of carbonyl (C=O) groups is 1. The highest BCUT2D eigenvalue weighted by Gasteiger charge is 2.29. The number of hydrogen-bond acceptors (Lipinski definition) is 3. The smallest absolute Gasteiger partial charge is 0.287 e. The molecular weight excluding hydrogens is 182 g/mol. The summed E-state index contributed by atoms with van der Waals surface area (Å²) in [5, 5.41) is 11.8. The number of carbonyl (C=O) groups excluding carboxylic acids is 1. The molecular formula is C10H13NO3. The van der Waals surface area contributed by atoms with Gasteiger partial charge in [0.1, 0.15) is 0 Å². The number of furan rings is 1. The zero-order valence-electron chi connectivity index (χ0n) is 7.99. The van der Waals surface area contributed by atoms with E-state index in [1.165, 1.54) is 6.26 Å². The number of hydrogen-bond donors (Lipinski definition) is 2. The first-order valence-electron chi connectivity index (χ1n) is 4.70. The van der Waals surface area contributed by atoms with E-state index in [9.17, 15) is 4.79 Å². The van der Waals surface area contributed by atoms with Crippen LogP contribution in [-0.2, 0) is 0 Å². The summed E-state index contributed by atoms with van der Waals surface area (Å²) >= 11 is 0. The van der Waals surface area contributed by atoms with Gasteiger partial charge in [0.15, 0.2) is 5.76 Å². The maximum atomic E-state index is 11.5. The average Bonchev–Trinajstić information content (AvgIpc) is 2.48. The van der Waals surface area contributed by atoms with Crippen molar-refractivity contribution in [3.63, 3.8) is 0 Å². The minimum Gasteiger partial charge on any atom is -0.459 e. The molecule has 0 radical (unpaired) electrons. The lowest BCUT2D eigenvalue weighted by Gasteiger charge is -2.31. The van der Waals surface area contributed by atoms with E-state index in [4.69, 9.17) is 9.52 Å². The molecule has 2 N–H and O–H groups in total. The van der Waals surface area contributed by atoms with Crippen LogP contribution in [0, 0.1) is 6.92 Å². The molecule has 14 heavy (non-hydrogen) atoms. The van der Waals surface area contributed by atoms with Crippen molar-refractivity contribution in [3.8, 4) is 0 Å². The number of nitrogens with one attached hydrogen (secondary N) is 1. The monoisotopic (exact) mass is 195 g/mol. The Morgan fingerprint density at radius 3 is 2.86 bits per heavy atom. The zero-order valence-corrected chi connectivity index (χ0v) is 7.99. The van der Waals surface area contributed by atoms with Gasteiger partial charge in [0.05, 0.1) is 12.4 Å². The molecule has 0 unspecified atom stereocenters. The van der Waals surface area contributed by atoms with E-state index in [-0.39, 0.29) is 18.1 Å². The Bertz CT molecular complexity index is 339. The Kier molecular flexibility index (Phi) is 2.29. The van der Waals surface area contributed by atoms with Gasteiger partial charge in [-0.2, -0.15) is 0 Å². The summed E-state index contributed by atoms with van der Waals surface area (Å²) in [5.41, 5.74) is 0.836. The Balaban J connectivity index is 1.93. The number of amides is 1. The van der Waals surface area contributed by atoms with Crippen LogP contribution in [0.5, 0.6) is 0 Å². The maximum Gasteiger partial charge on any atom is 0.287 e. The normalized spacial score (nSPS) is 25.6. The number of aliphatic hydroxyl groups excluding tert-OH is 1. The van der Waals surface area contributed by atoms with Gasteiger partial charge in [0.25, 0.3) is 5.91 Å². The fourth-order valence-electron chi connectivity index (χ4n) is 1.56. The first kappa shape index (κ1) is 9.27. The van der Waals surface area contributed by atoms with Gasteiger partial charge < -0.3 is 14.8 Å². The van der Waals surface area contributed by atoms with Gasteiger partial charge in [-0.3, -0.25) is 4.79 Å². The largest absolute Gasteiger partial charge is 0.459 e. The van der Waals surface area contributed by atoms with Crippen molar-refractivity contribution in [2.45, 2.75) is 31.9 Å². The highest BCUT2D eigenvalue weighted by atomic mass is 16.3. The predicted octanol–water partition coefficient (Wildman–Crippen LogP) is 0.841. The molecule has 1 saturated carbocycles. The molecule has 76 valence electrons. The first-order chi connectivity index (χ1) is 6.66. The van der Waals surface area contributed by atoms with E-state index >= 15 is 0 Å². The van der Waals surface area contributed by atoms with Crippen molar-refractivity contribution in [2.24, 2.45) is 0 Å². The molecule has 1 fully saturated rings. The van der Waals surface area contributed by atoms with E-state index in [1.54, 1.807) is 6.07 Å². The lowest BCUT2D eigenvalue weighted by atomic mass is 9.89. The van der Waals surface area contributed by atoms with Crippen molar-refractivity contribution in [1.82, 2.24) is 5.32 Å². The maximum absolute atomic E-state index is 11.5. The SMILES string of the molecule is Cc1ccoc1C(=O)NC1CC(O)C1. The molecule has 0 aromatic carbocycles. The molecule has 0 aliphatic heterocycles. The molecule has 0 spiro atoms. The van der Waals surface area contributed by atoms with Crippen molar-refractivity contribution in [1.29, 1.82) is 0 Å². The highest BCUT2D eigenvalue weighted by molar-refractivity contribution is 5.93. The van der Waals surface area contributed by atoms with Crippen LogP contribution in [-0.4, -0.2) is 23.2 Å². The summed E-state index contributed by atoms with van der Waals surface area (Å²) in [6.45, 7) is 1.83. The van der Waals surface area contributed by atoms with Gasteiger partial charge in [-0.15, -0.1) is 0 Å². The lowest BCUT2D eigenvalue weighted by molar-refractivity contribution is 0.0551. The molecule has 1 aromatic rings. The van der Waals surface area contributed by atoms with Crippen molar-refractivity contribution >= 4 is 5.91 Å². The summed E-state index contributed by atoms with van der Waals surface area (Å²) < 4.78 is 5.05. The van der Waals surface area contributed by atoms with E-state index in [1.807, 2.05) is 6.92 Å². The third-order valence-corrected chi connectivity index (χ3v) is 2.52. The van der Waals surface area contributed by atoms with Gasteiger partial charge in [-0.1, -0.05) is 0 Å². The zero-order chi connectivity index (χ0) is 10.1. The molecule has 0 bridgehead atoms. The first-order valence-corrected chi connectivity index (χ1v) is 4.70. The molecule has 0 saturated heterocycles. The number of aryl methyl sites for hydroxylation is 1. The van der Waals surface area contributed by atoms with E-state index in [0.29, 0.717) is 18.6 Å². The Morgan fingerprint density at radius 2 is 2.36 bits per heavy atom. The standard InChI is InChI=1S/C10H13NO3/c1-6-2-3-14-9(6)10(13)11-7-4-8(12)5-7/h2-3,7-8,12H,4-5H2,1H3,(H,11,13). The van der Waals surface area contributed by atoms with E-state index < -0.39 is 0 Å². The van der Waals surface area contributed by atoms with Gasteiger partial charge in [-0.05, 0) is 25.8 Å². The average molecular weight is 195 g/mol. The summed E-state index contributed by atoms with van der Waals surface area (Å²) in [5.74, 6) is 0.177. The van der Waals surface area contributed by atoms with Crippen LogP contribution >= 0.6 is 0 Å². The second-order valence-corrected chi connectivity index (χ2v) is 3.73. The number of rotatable bonds is 2. The molecule has 2 rings (SSSR count). The molecule has 1 heterocycles. The highest BCUT2D eigenvalue weighted by Crippen LogP contribution is 2.20. The van der Waals surface area contributed by atoms with Gasteiger partial charge in [-0.25, -0.2) is 0 Å². The van der Waals surface area contributed by atoms with Crippen LogP contribution < -0.4 is 5.32 Å². The van der Waals surface area contributed by atoms with E-state index in [0.717, 1.165) is 5.56 Å². The molecule has 1 aliphatic carbocycles. The lowest BCUT2D eigenvalue weighted by Crippen LogP contribution is -2.46. The third kappa shape index (κ3) is 1.65. The molecule has 1 amide bonds. The van der Waals surface area contributed by atoms with Crippen molar-refractivity contribution in [3.05, 3.63) is 23.7 Å². The van der Waals surface area contributed by atoms with Crippen LogP contribution in [0.15, 0.2) is 16.7 Å². The van der Waals surface area contributed by atoms with Gasteiger partial charge in [0.2, 0.25) is 0 Å². The minimum absolute atomic E-state index is 0.0991. The quantitative estimate of drug-likeness (QED) is 0.735. The second-order valence-electron chi connectivity index (χ2n) is 3.73. The summed E-state index contributed by atoms with van der Waals surface area (Å²) in [4.78, 5) is 11.5. The Morgan fingerprint density at radius 1 is 1.64 bits per heavy atom. The fraction of sp³-hybridized carbons (Fsp3) is 0.500. The van der Waals surface area contributed by atoms with Crippen molar-refractivity contribution in [2.75, 3.05) is 0 Å². The third-order valence-electron chi connectivity index (χ3n) is 2.52. The van der Waals surface area contributed by atoms with Crippen molar-refractivity contribution < 1.29 is 14.3 Å². The molecule has 0 atom stereocenters.